The van der Waals surface area contributed by atoms with Gasteiger partial charge in [-0.25, -0.2) is 4.79 Å². The van der Waals surface area contributed by atoms with Crippen molar-refractivity contribution in [1.82, 2.24) is 5.32 Å². The van der Waals surface area contributed by atoms with Gasteiger partial charge in [0.15, 0.2) is 0 Å². The zero-order chi connectivity index (χ0) is 12.1. The van der Waals surface area contributed by atoms with E-state index in [1.54, 1.807) is 6.92 Å². The Bertz CT molecular complexity index is 444. The molecule has 2 N–H and O–H groups in total. The largest absolute Gasteiger partial charge is 0.325 e. The van der Waals surface area contributed by atoms with E-state index < -0.39 is 11.0 Å². The number of hydrogen-bond acceptors (Lipinski definition) is 4. The molecule has 0 atom stereocenters. The van der Waals surface area contributed by atoms with E-state index in [2.05, 4.69) is 5.32 Å². The summed E-state index contributed by atoms with van der Waals surface area (Å²) in [7, 11) is 0. The molecular weight excluding hydrogens is 214 g/mol. The summed E-state index contributed by atoms with van der Waals surface area (Å²) in [5, 5.41) is 14.7. The fourth-order valence-corrected chi connectivity index (χ4v) is 1.11. The summed E-state index contributed by atoms with van der Waals surface area (Å²) in [5.41, 5.74) is 0.888. The third kappa shape index (κ3) is 2.77. The number of nitrogens with zero attached hydrogens (tertiary/aromatic N) is 1. The predicted octanol–water partition coefficient (Wildman–Crippen LogP) is 1.18. The number of hydrogen-bond donors (Lipinski definition) is 2. The van der Waals surface area contributed by atoms with Crippen molar-refractivity contribution in [3.63, 3.8) is 0 Å². The summed E-state index contributed by atoms with van der Waals surface area (Å²) >= 11 is 0. The highest BCUT2D eigenvalue weighted by Crippen LogP contribution is 2.20. The van der Waals surface area contributed by atoms with Crippen LogP contribution in [0.3, 0.4) is 0 Å². The molecule has 0 aromatic heterocycles. The molecule has 1 aromatic carbocycles. The molecule has 0 unspecified atom stereocenters. The minimum Gasteiger partial charge on any atom is -0.307 e. The van der Waals surface area contributed by atoms with Gasteiger partial charge >= 0.3 is 6.03 Å². The number of carbonyl (C=O) groups is 2. The Balaban J connectivity index is 2.87. The van der Waals surface area contributed by atoms with E-state index in [0.717, 1.165) is 0 Å². The number of nitrogens with one attached hydrogen (secondary N) is 2. The first-order valence-electron chi connectivity index (χ1n) is 4.31. The second-order valence-electron chi connectivity index (χ2n) is 2.97. The van der Waals surface area contributed by atoms with Crippen molar-refractivity contribution in [3.05, 3.63) is 33.9 Å². The molecule has 0 saturated carbocycles. The van der Waals surface area contributed by atoms with Crippen LogP contribution in [0.2, 0.25) is 0 Å². The summed E-state index contributed by atoms with van der Waals surface area (Å²) in [6, 6.07) is 3.31. The van der Waals surface area contributed by atoms with Gasteiger partial charge in [0.1, 0.15) is 0 Å². The van der Waals surface area contributed by atoms with E-state index >= 15 is 0 Å². The number of urea groups is 1. The number of benzene rings is 1. The number of nitro groups is 1. The maximum atomic E-state index is 11.0. The van der Waals surface area contributed by atoms with E-state index in [1.165, 1.54) is 18.2 Å². The van der Waals surface area contributed by atoms with Crippen LogP contribution in [0.1, 0.15) is 5.56 Å². The van der Waals surface area contributed by atoms with Crippen molar-refractivity contribution in [2.24, 2.45) is 0 Å². The second kappa shape index (κ2) is 4.87. The van der Waals surface area contributed by atoms with Crippen molar-refractivity contribution in [3.8, 4) is 0 Å². The monoisotopic (exact) mass is 223 g/mol. The average molecular weight is 223 g/mol. The molecule has 0 heterocycles. The fourth-order valence-electron chi connectivity index (χ4n) is 1.11. The Morgan fingerprint density at radius 3 is 2.69 bits per heavy atom. The molecule has 1 aromatic rings. The summed E-state index contributed by atoms with van der Waals surface area (Å²) < 4.78 is 0. The molecule has 84 valence electrons. The zero-order valence-corrected chi connectivity index (χ0v) is 8.39. The lowest BCUT2D eigenvalue weighted by Gasteiger charge is -2.06. The zero-order valence-electron chi connectivity index (χ0n) is 8.39. The Morgan fingerprint density at radius 1 is 1.50 bits per heavy atom. The number of aryl methyl sites for hydroxylation is 1. The van der Waals surface area contributed by atoms with Gasteiger partial charge in [0.25, 0.3) is 5.69 Å². The van der Waals surface area contributed by atoms with E-state index in [0.29, 0.717) is 11.3 Å². The molecule has 0 spiro atoms. The minimum absolute atomic E-state index is 0.0566. The number of imide groups is 1. The first kappa shape index (κ1) is 11.6. The van der Waals surface area contributed by atoms with E-state index in [1.807, 2.05) is 5.32 Å². The number of rotatable bonds is 3. The van der Waals surface area contributed by atoms with Crippen LogP contribution < -0.4 is 10.6 Å². The van der Waals surface area contributed by atoms with Crippen molar-refractivity contribution in [1.29, 1.82) is 0 Å². The number of amides is 3. The average Bonchev–Trinajstić information content (AvgIpc) is 2.21. The van der Waals surface area contributed by atoms with Crippen LogP contribution in [-0.2, 0) is 4.79 Å². The molecular formula is C9H9N3O4. The number of non-ortho nitro benzene ring substituents is 1. The van der Waals surface area contributed by atoms with Crippen LogP contribution in [0.5, 0.6) is 0 Å². The van der Waals surface area contributed by atoms with Crippen LogP contribution in [0.15, 0.2) is 18.2 Å². The van der Waals surface area contributed by atoms with E-state index in [9.17, 15) is 19.7 Å². The lowest BCUT2D eigenvalue weighted by Crippen LogP contribution is -2.27. The number of nitro benzene ring substituents is 1. The van der Waals surface area contributed by atoms with Gasteiger partial charge in [-0.3, -0.25) is 20.2 Å². The summed E-state index contributed by atoms with van der Waals surface area (Å²) in [5.74, 6) is 0. The highest BCUT2D eigenvalue weighted by atomic mass is 16.6. The van der Waals surface area contributed by atoms with E-state index in [-0.39, 0.29) is 12.1 Å². The van der Waals surface area contributed by atoms with Gasteiger partial charge in [-0.2, -0.15) is 0 Å². The van der Waals surface area contributed by atoms with Crippen molar-refractivity contribution in [2.75, 3.05) is 5.32 Å². The predicted molar refractivity (Wildman–Crippen MR) is 56.1 cm³/mol. The second-order valence-corrected chi connectivity index (χ2v) is 2.97. The van der Waals surface area contributed by atoms with Crippen LogP contribution in [0.25, 0.3) is 0 Å². The quantitative estimate of drug-likeness (QED) is 0.456. The Labute approximate surface area is 90.6 Å². The summed E-state index contributed by atoms with van der Waals surface area (Å²) in [4.78, 5) is 30.9. The molecule has 0 radical (unpaired) electrons. The normalized spacial score (nSPS) is 9.31. The standard InChI is InChI=1S/C9H9N3O4/c1-6-4-7(12(15)16)2-3-8(6)11-9(14)10-5-13/h2-5H,1H3,(H2,10,11,13,14). The number of anilines is 1. The molecule has 0 aliphatic heterocycles. The third-order valence-electron chi connectivity index (χ3n) is 1.86. The van der Waals surface area contributed by atoms with Crippen LogP contribution in [0, 0.1) is 17.0 Å². The van der Waals surface area contributed by atoms with Crippen LogP contribution in [-0.4, -0.2) is 17.4 Å². The van der Waals surface area contributed by atoms with Crippen LogP contribution in [0.4, 0.5) is 16.2 Å². The van der Waals surface area contributed by atoms with Gasteiger partial charge in [0.05, 0.1) is 4.92 Å². The summed E-state index contributed by atoms with van der Waals surface area (Å²) in [6.45, 7) is 1.61. The molecule has 0 saturated heterocycles. The van der Waals surface area contributed by atoms with Gasteiger partial charge in [-0.15, -0.1) is 0 Å². The molecule has 1 rings (SSSR count). The maximum absolute atomic E-state index is 11.0. The summed E-state index contributed by atoms with van der Waals surface area (Å²) in [6.07, 6.45) is 0.246. The molecule has 0 aliphatic rings. The Morgan fingerprint density at radius 2 is 2.19 bits per heavy atom. The highest BCUT2D eigenvalue weighted by Gasteiger charge is 2.09. The Kier molecular flexibility index (Phi) is 3.54. The molecule has 0 bridgehead atoms. The highest BCUT2D eigenvalue weighted by molar-refractivity contribution is 5.95. The minimum atomic E-state index is -0.688. The molecule has 0 aliphatic carbocycles. The lowest BCUT2D eigenvalue weighted by atomic mass is 10.2. The van der Waals surface area contributed by atoms with Crippen molar-refractivity contribution in [2.45, 2.75) is 6.92 Å². The molecule has 16 heavy (non-hydrogen) atoms. The smallest absolute Gasteiger partial charge is 0.307 e. The lowest BCUT2D eigenvalue weighted by molar-refractivity contribution is -0.384. The van der Waals surface area contributed by atoms with Crippen molar-refractivity contribution >= 4 is 23.8 Å². The number of carbonyl (C=O) groups excluding carboxylic acids is 2. The van der Waals surface area contributed by atoms with Crippen molar-refractivity contribution < 1.29 is 14.5 Å². The SMILES string of the molecule is Cc1cc([N+](=O)[O-])ccc1NC(=O)NC=O. The van der Waals surface area contributed by atoms with Gasteiger partial charge in [-0.1, -0.05) is 0 Å². The van der Waals surface area contributed by atoms with Gasteiger partial charge in [0, 0.05) is 17.8 Å². The first-order valence-corrected chi connectivity index (χ1v) is 4.31. The van der Waals surface area contributed by atoms with Gasteiger partial charge in [0.2, 0.25) is 6.41 Å². The third-order valence-corrected chi connectivity index (χ3v) is 1.86. The molecule has 7 nitrogen and oxygen atoms in total. The van der Waals surface area contributed by atoms with Crippen LogP contribution >= 0.6 is 0 Å². The topological polar surface area (TPSA) is 101 Å². The molecule has 7 heteroatoms. The van der Waals surface area contributed by atoms with Gasteiger partial charge in [-0.05, 0) is 18.6 Å². The molecule has 0 fully saturated rings. The van der Waals surface area contributed by atoms with Gasteiger partial charge < -0.3 is 5.32 Å². The molecule has 3 amide bonds. The Hall–Kier alpha value is -2.44. The van der Waals surface area contributed by atoms with E-state index in [4.69, 9.17) is 0 Å². The first-order chi connectivity index (χ1) is 7.54. The fraction of sp³-hybridized carbons (Fsp3) is 0.111. The maximum Gasteiger partial charge on any atom is 0.325 e.